The lowest BCUT2D eigenvalue weighted by atomic mass is 10.0. The van der Waals surface area contributed by atoms with Crippen LogP contribution in [0.15, 0.2) is 24.3 Å². The molecule has 0 bridgehead atoms. The van der Waals surface area contributed by atoms with Crippen molar-refractivity contribution in [1.29, 1.82) is 0 Å². The van der Waals surface area contributed by atoms with Crippen molar-refractivity contribution in [2.24, 2.45) is 0 Å². The Morgan fingerprint density at radius 3 is 3.11 bits per heavy atom. The molecule has 1 heterocycles. The van der Waals surface area contributed by atoms with E-state index in [9.17, 15) is 4.39 Å². The third-order valence-corrected chi connectivity index (χ3v) is 3.53. The largest absolute Gasteiger partial charge is 0.383 e. The lowest BCUT2D eigenvalue weighted by Gasteiger charge is -2.36. The average molecular weight is 266 g/mol. The first kappa shape index (κ1) is 14.3. The highest BCUT2D eigenvalue weighted by Gasteiger charge is 2.21. The highest BCUT2D eigenvalue weighted by molar-refractivity contribution is 5.47. The van der Waals surface area contributed by atoms with Crippen molar-refractivity contribution in [2.45, 2.75) is 31.8 Å². The molecule has 1 saturated heterocycles. The zero-order chi connectivity index (χ0) is 13.7. The Kier molecular flexibility index (Phi) is 5.16. The van der Waals surface area contributed by atoms with Gasteiger partial charge in [0.15, 0.2) is 0 Å². The molecule has 1 aromatic rings. The molecular formula is C15H23FN2O. The summed E-state index contributed by atoms with van der Waals surface area (Å²) in [6, 6.07) is 7.65. The summed E-state index contributed by atoms with van der Waals surface area (Å²) in [6.45, 7) is 4.78. The first-order valence-electron chi connectivity index (χ1n) is 6.94. The Bertz CT molecular complexity index is 399. The highest BCUT2D eigenvalue weighted by Crippen LogP contribution is 2.20. The number of anilines is 1. The fraction of sp³-hybridized carbons (Fsp3) is 0.600. The second kappa shape index (κ2) is 6.87. The second-order valence-electron chi connectivity index (χ2n) is 5.29. The maximum Gasteiger partial charge on any atom is 0.125 e. The Morgan fingerprint density at radius 2 is 2.37 bits per heavy atom. The first-order valence-corrected chi connectivity index (χ1v) is 6.94. The molecular weight excluding hydrogens is 243 g/mol. The van der Waals surface area contributed by atoms with Crippen LogP contribution in [0.5, 0.6) is 0 Å². The molecule has 0 unspecified atom stereocenters. The minimum atomic E-state index is -0.166. The summed E-state index contributed by atoms with van der Waals surface area (Å²) in [5, 5.41) is 3.57. The number of ether oxygens (including phenoxy) is 1. The molecule has 1 aromatic carbocycles. The topological polar surface area (TPSA) is 24.5 Å². The van der Waals surface area contributed by atoms with Gasteiger partial charge in [0.1, 0.15) is 5.82 Å². The summed E-state index contributed by atoms with van der Waals surface area (Å²) in [4.78, 5) is 2.25. The number of nitrogens with one attached hydrogen (secondary N) is 1. The summed E-state index contributed by atoms with van der Waals surface area (Å²) in [6.07, 6.45) is 2.30. The van der Waals surface area contributed by atoms with E-state index in [4.69, 9.17) is 4.74 Å². The number of nitrogens with zero attached hydrogens (tertiary/aromatic N) is 1. The molecule has 1 aliphatic heterocycles. The van der Waals surface area contributed by atoms with Crippen LogP contribution >= 0.6 is 0 Å². The normalized spacial score (nSPS) is 21.4. The molecule has 1 N–H and O–H groups in total. The first-order chi connectivity index (χ1) is 9.19. The van der Waals surface area contributed by atoms with Crippen molar-refractivity contribution in [2.75, 3.05) is 31.7 Å². The van der Waals surface area contributed by atoms with E-state index < -0.39 is 0 Å². The Hall–Kier alpha value is -1.13. The van der Waals surface area contributed by atoms with Crippen LogP contribution in [-0.2, 0) is 4.74 Å². The van der Waals surface area contributed by atoms with E-state index in [1.807, 2.05) is 6.07 Å². The number of rotatable bonds is 5. The molecule has 1 aliphatic rings. The smallest absolute Gasteiger partial charge is 0.125 e. The van der Waals surface area contributed by atoms with Gasteiger partial charge >= 0.3 is 0 Å². The molecule has 0 aliphatic carbocycles. The average Bonchev–Trinajstić information content (AvgIpc) is 2.39. The predicted molar refractivity (Wildman–Crippen MR) is 76.1 cm³/mol. The van der Waals surface area contributed by atoms with Crippen LogP contribution in [0.3, 0.4) is 0 Å². The van der Waals surface area contributed by atoms with Crippen LogP contribution < -0.4 is 10.2 Å². The lowest BCUT2D eigenvalue weighted by Crippen LogP contribution is -2.49. The van der Waals surface area contributed by atoms with Gasteiger partial charge in [-0.25, -0.2) is 4.39 Å². The van der Waals surface area contributed by atoms with Crippen molar-refractivity contribution < 1.29 is 9.13 Å². The van der Waals surface area contributed by atoms with Crippen LogP contribution in [0.1, 0.15) is 19.8 Å². The van der Waals surface area contributed by atoms with Crippen LogP contribution in [0.25, 0.3) is 0 Å². The Balaban J connectivity index is 1.93. The second-order valence-corrected chi connectivity index (χ2v) is 5.29. The molecule has 1 fully saturated rings. The van der Waals surface area contributed by atoms with Crippen LogP contribution in [-0.4, -0.2) is 38.9 Å². The van der Waals surface area contributed by atoms with Crippen LogP contribution in [0.2, 0.25) is 0 Å². The van der Waals surface area contributed by atoms with E-state index in [0.29, 0.717) is 12.1 Å². The fourth-order valence-corrected chi connectivity index (χ4v) is 2.72. The molecule has 2 rings (SSSR count). The predicted octanol–water partition coefficient (Wildman–Crippen LogP) is 2.42. The number of benzene rings is 1. The van der Waals surface area contributed by atoms with E-state index >= 15 is 0 Å². The number of methoxy groups -OCH3 is 1. The van der Waals surface area contributed by atoms with Gasteiger partial charge in [-0.3, -0.25) is 0 Å². The van der Waals surface area contributed by atoms with Crippen molar-refractivity contribution in [1.82, 2.24) is 5.32 Å². The standard InChI is InChI=1S/C15H23FN2O/c1-12(11-19-2)17-14-6-4-8-18(10-14)15-7-3-5-13(16)9-15/h3,5,7,9,12,14,17H,4,6,8,10-11H2,1-2H3/t12-,14-/m1/s1. The molecule has 0 radical (unpaired) electrons. The number of halogens is 1. The zero-order valence-electron chi connectivity index (χ0n) is 11.7. The molecule has 3 nitrogen and oxygen atoms in total. The number of hydrogen-bond acceptors (Lipinski definition) is 3. The monoisotopic (exact) mass is 266 g/mol. The van der Waals surface area contributed by atoms with E-state index in [1.54, 1.807) is 19.2 Å². The summed E-state index contributed by atoms with van der Waals surface area (Å²) < 4.78 is 18.4. The van der Waals surface area contributed by atoms with Gasteiger partial charge in [0.25, 0.3) is 0 Å². The van der Waals surface area contributed by atoms with Gasteiger partial charge in [0.2, 0.25) is 0 Å². The summed E-state index contributed by atoms with van der Waals surface area (Å²) in [5.41, 5.74) is 0.978. The molecule has 0 saturated carbocycles. The minimum Gasteiger partial charge on any atom is -0.383 e. The molecule has 2 atom stereocenters. The van der Waals surface area contributed by atoms with Gasteiger partial charge in [0.05, 0.1) is 6.61 Å². The van der Waals surface area contributed by atoms with Gasteiger partial charge in [-0.05, 0) is 38.0 Å². The third kappa shape index (κ3) is 4.18. The fourth-order valence-electron chi connectivity index (χ4n) is 2.72. The number of hydrogen-bond donors (Lipinski definition) is 1. The van der Waals surface area contributed by atoms with Gasteiger partial charge in [-0.15, -0.1) is 0 Å². The maximum absolute atomic E-state index is 13.3. The van der Waals surface area contributed by atoms with Crippen molar-refractivity contribution in [3.8, 4) is 0 Å². The molecule has 0 spiro atoms. The summed E-state index contributed by atoms with van der Waals surface area (Å²) in [7, 11) is 1.72. The Morgan fingerprint density at radius 1 is 1.53 bits per heavy atom. The van der Waals surface area contributed by atoms with Crippen LogP contribution in [0, 0.1) is 5.82 Å². The van der Waals surface area contributed by atoms with Gasteiger partial charge in [-0.2, -0.15) is 0 Å². The molecule has 4 heteroatoms. The Labute approximate surface area is 114 Å². The molecule has 0 amide bonds. The molecule has 0 aromatic heterocycles. The maximum atomic E-state index is 13.3. The van der Waals surface area contributed by atoms with Crippen molar-refractivity contribution in [3.63, 3.8) is 0 Å². The van der Waals surface area contributed by atoms with Gasteiger partial charge in [0, 0.05) is 38.0 Å². The van der Waals surface area contributed by atoms with Crippen molar-refractivity contribution in [3.05, 3.63) is 30.1 Å². The summed E-state index contributed by atoms with van der Waals surface area (Å²) >= 11 is 0. The minimum absolute atomic E-state index is 0.166. The third-order valence-electron chi connectivity index (χ3n) is 3.53. The molecule has 106 valence electrons. The number of piperidine rings is 1. The van der Waals surface area contributed by atoms with Gasteiger partial charge < -0.3 is 15.0 Å². The lowest BCUT2D eigenvalue weighted by molar-refractivity contribution is 0.164. The van der Waals surface area contributed by atoms with E-state index in [0.717, 1.165) is 31.8 Å². The summed E-state index contributed by atoms with van der Waals surface area (Å²) in [5.74, 6) is -0.166. The van der Waals surface area contributed by atoms with E-state index in [1.165, 1.54) is 12.5 Å². The highest BCUT2D eigenvalue weighted by atomic mass is 19.1. The SMILES string of the molecule is COC[C@@H](C)N[C@@H]1CCCN(c2cccc(F)c2)C1. The van der Waals surface area contributed by atoms with E-state index in [-0.39, 0.29) is 5.82 Å². The van der Waals surface area contributed by atoms with Gasteiger partial charge in [-0.1, -0.05) is 6.07 Å². The van der Waals surface area contributed by atoms with Crippen LogP contribution in [0.4, 0.5) is 10.1 Å². The van der Waals surface area contributed by atoms with E-state index in [2.05, 4.69) is 17.1 Å². The quantitative estimate of drug-likeness (QED) is 0.886. The molecule has 19 heavy (non-hydrogen) atoms. The zero-order valence-corrected chi connectivity index (χ0v) is 11.7. The van der Waals surface area contributed by atoms with Crippen molar-refractivity contribution >= 4 is 5.69 Å².